The molecule has 116 valence electrons. The van der Waals surface area contributed by atoms with Gasteiger partial charge in [0.1, 0.15) is 5.75 Å². The number of benzene rings is 1. The maximum Gasteiger partial charge on any atom is 0.261 e. The summed E-state index contributed by atoms with van der Waals surface area (Å²) in [5, 5.41) is 12.7. The van der Waals surface area contributed by atoms with Crippen molar-refractivity contribution in [3.63, 3.8) is 0 Å². The maximum atomic E-state index is 12.2. The van der Waals surface area contributed by atoms with Crippen molar-refractivity contribution in [2.75, 3.05) is 6.54 Å². The number of carbonyl (C=O) groups excluding carboxylic acids is 1. The first kappa shape index (κ1) is 15.8. The van der Waals surface area contributed by atoms with E-state index < -0.39 is 6.10 Å². The Morgan fingerprint density at radius 3 is 2.90 bits per heavy atom. The predicted molar refractivity (Wildman–Crippen MR) is 82.2 cm³/mol. The Balaban J connectivity index is 1.86. The molecule has 1 fully saturated rings. The molecule has 3 atom stereocenters. The molecule has 1 amide bonds. The summed E-state index contributed by atoms with van der Waals surface area (Å²) < 4.78 is 5.77. The van der Waals surface area contributed by atoms with Gasteiger partial charge in [0.2, 0.25) is 0 Å². The van der Waals surface area contributed by atoms with Crippen LogP contribution in [0.3, 0.4) is 0 Å². The van der Waals surface area contributed by atoms with Crippen LogP contribution in [0.25, 0.3) is 0 Å². The molecule has 2 N–H and O–H groups in total. The summed E-state index contributed by atoms with van der Waals surface area (Å²) in [6, 6.07) is 7.71. The molecule has 0 aliphatic heterocycles. The number of hydrogen-bond acceptors (Lipinski definition) is 3. The highest BCUT2D eigenvalue weighted by molar-refractivity contribution is 5.81. The SMILES string of the molecule is CCC(Oc1cccc(C)c1)C(=O)NCC1CCCC1O. The lowest BCUT2D eigenvalue weighted by Crippen LogP contribution is -2.41. The van der Waals surface area contributed by atoms with Crippen LogP contribution in [0, 0.1) is 12.8 Å². The summed E-state index contributed by atoms with van der Waals surface area (Å²) in [4.78, 5) is 12.2. The van der Waals surface area contributed by atoms with Gasteiger partial charge in [0.05, 0.1) is 6.10 Å². The Morgan fingerprint density at radius 2 is 2.29 bits per heavy atom. The number of rotatable bonds is 6. The van der Waals surface area contributed by atoms with Crippen molar-refractivity contribution in [3.8, 4) is 5.75 Å². The fourth-order valence-electron chi connectivity index (χ4n) is 2.78. The van der Waals surface area contributed by atoms with Gasteiger partial charge in [-0.25, -0.2) is 0 Å². The number of amides is 1. The predicted octanol–water partition coefficient (Wildman–Crippen LogP) is 2.43. The lowest BCUT2D eigenvalue weighted by molar-refractivity contribution is -0.128. The van der Waals surface area contributed by atoms with E-state index in [0.29, 0.717) is 13.0 Å². The fourth-order valence-corrected chi connectivity index (χ4v) is 2.78. The third-order valence-corrected chi connectivity index (χ3v) is 4.09. The van der Waals surface area contributed by atoms with Gasteiger partial charge >= 0.3 is 0 Å². The molecule has 4 nitrogen and oxygen atoms in total. The number of aryl methyl sites for hydroxylation is 1. The van der Waals surface area contributed by atoms with Crippen molar-refractivity contribution >= 4 is 5.91 Å². The van der Waals surface area contributed by atoms with Gasteiger partial charge in [0, 0.05) is 12.5 Å². The summed E-state index contributed by atoms with van der Waals surface area (Å²) >= 11 is 0. The van der Waals surface area contributed by atoms with Crippen LogP contribution >= 0.6 is 0 Å². The summed E-state index contributed by atoms with van der Waals surface area (Å²) in [7, 11) is 0. The molecule has 1 aliphatic rings. The van der Waals surface area contributed by atoms with Crippen LogP contribution in [0.4, 0.5) is 0 Å². The molecular formula is C17H25NO3. The number of ether oxygens (including phenoxy) is 1. The molecule has 0 bridgehead atoms. The van der Waals surface area contributed by atoms with Crippen LogP contribution < -0.4 is 10.1 Å². The fraction of sp³-hybridized carbons (Fsp3) is 0.588. The van der Waals surface area contributed by atoms with Gasteiger partial charge in [-0.1, -0.05) is 25.5 Å². The number of aliphatic hydroxyl groups excluding tert-OH is 1. The van der Waals surface area contributed by atoms with Crippen LogP contribution in [0.15, 0.2) is 24.3 Å². The van der Waals surface area contributed by atoms with Crippen molar-refractivity contribution in [2.24, 2.45) is 5.92 Å². The average Bonchev–Trinajstić information content (AvgIpc) is 2.87. The number of nitrogens with one attached hydrogen (secondary N) is 1. The molecule has 1 saturated carbocycles. The highest BCUT2D eigenvalue weighted by atomic mass is 16.5. The molecule has 3 unspecified atom stereocenters. The Kier molecular flexibility index (Phi) is 5.62. The summed E-state index contributed by atoms with van der Waals surface area (Å²) in [5.41, 5.74) is 1.11. The van der Waals surface area contributed by atoms with Crippen molar-refractivity contribution in [1.82, 2.24) is 5.32 Å². The van der Waals surface area contributed by atoms with Crippen molar-refractivity contribution < 1.29 is 14.6 Å². The molecule has 21 heavy (non-hydrogen) atoms. The highest BCUT2D eigenvalue weighted by Crippen LogP contribution is 2.24. The largest absolute Gasteiger partial charge is 0.481 e. The number of carbonyl (C=O) groups is 1. The lowest BCUT2D eigenvalue weighted by atomic mass is 10.1. The van der Waals surface area contributed by atoms with E-state index in [1.807, 2.05) is 38.1 Å². The average molecular weight is 291 g/mol. The zero-order chi connectivity index (χ0) is 15.2. The Bertz CT molecular complexity index is 475. The quantitative estimate of drug-likeness (QED) is 0.846. The van der Waals surface area contributed by atoms with Crippen LogP contribution in [0.2, 0.25) is 0 Å². The normalized spacial score (nSPS) is 22.8. The zero-order valence-corrected chi connectivity index (χ0v) is 12.8. The van der Waals surface area contributed by atoms with Crippen molar-refractivity contribution in [2.45, 2.75) is 51.7 Å². The van der Waals surface area contributed by atoms with E-state index >= 15 is 0 Å². The summed E-state index contributed by atoms with van der Waals surface area (Å²) in [6.07, 6.45) is 2.73. The molecular weight excluding hydrogens is 266 g/mol. The highest BCUT2D eigenvalue weighted by Gasteiger charge is 2.26. The second-order valence-corrected chi connectivity index (χ2v) is 5.83. The third kappa shape index (κ3) is 4.46. The minimum Gasteiger partial charge on any atom is -0.481 e. The third-order valence-electron chi connectivity index (χ3n) is 4.09. The van der Waals surface area contributed by atoms with Crippen LogP contribution in [0.1, 0.15) is 38.2 Å². The van der Waals surface area contributed by atoms with Gasteiger partial charge in [0.25, 0.3) is 5.91 Å². The molecule has 4 heteroatoms. The second kappa shape index (κ2) is 7.46. The summed E-state index contributed by atoms with van der Waals surface area (Å²) in [5.74, 6) is 0.807. The smallest absolute Gasteiger partial charge is 0.261 e. The Hall–Kier alpha value is -1.55. The molecule has 0 radical (unpaired) electrons. The van der Waals surface area contributed by atoms with E-state index in [1.54, 1.807) is 0 Å². The van der Waals surface area contributed by atoms with E-state index in [0.717, 1.165) is 30.6 Å². The first-order valence-electron chi connectivity index (χ1n) is 7.79. The van der Waals surface area contributed by atoms with Crippen molar-refractivity contribution in [3.05, 3.63) is 29.8 Å². The van der Waals surface area contributed by atoms with Gasteiger partial charge in [-0.05, 0) is 43.9 Å². The monoisotopic (exact) mass is 291 g/mol. The van der Waals surface area contributed by atoms with Gasteiger partial charge in [-0.3, -0.25) is 4.79 Å². The van der Waals surface area contributed by atoms with Crippen LogP contribution in [0.5, 0.6) is 5.75 Å². The molecule has 0 spiro atoms. The Morgan fingerprint density at radius 1 is 1.48 bits per heavy atom. The van der Waals surface area contributed by atoms with Crippen molar-refractivity contribution in [1.29, 1.82) is 0 Å². The van der Waals surface area contributed by atoms with E-state index in [2.05, 4.69) is 5.32 Å². The first-order valence-corrected chi connectivity index (χ1v) is 7.79. The zero-order valence-electron chi connectivity index (χ0n) is 12.8. The molecule has 1 aliphatic carbocycles. The number of aliphatic hydroxyl groups is 1. The first-order chi connectivity index (χ1) is 10.1. The van der Waals surface area contributed by atoms with E-state index in [9.17, 15) is 9.90 Å². The summed E-state index contributed by atoms with van der Waals surface area (Å²) in [6.45, 7) is 4.47. The minimum absolute atomic E-state index is 0.0990. The van der Waals surface area contributed by atoms with Crippen LogP contribution in [-0.2, 0) is 4.79 Å². The molecule has 0 saturated heterocycles. The maximum absolute atomic E-state index is 12.2. The number of hydrogen-bond donors (Lipinski definition) is 2. The van der Waals surface area contributed by atoms with Gasteiger partial charge in [-0.2, -0.15) is 0 Å². The molecule has 1 aromatic rings. The lowest BCUT2D eigenvalue weighted by Gasteiger charge is -2.20. The van der Waals surface area contributed by atoms with Crippen LogP contribution in [-0.4, -0.2) is 29.8 Å². The van der Waals surface area contributed by atoms with Gasteiger partial charge < -0.3 is 15.2 Å². The molecule has 0 aromatic heterocycles. The Labute approximate surface area is 126 Å². The second-order valence-electron chi connectivity index (χ2n) is 5.83. The van der Waals surface area contributed by atoms with E-state index in [4.69, 9.17) is 4.74 Å². The van der Waals surface area contributed by atoms with Gasteiger partial charge in [-0.15, -0.1) is 0 Å². The van der Waals surface area contributed by atoms with E-state index in [-0.39, 0.29) is 17.9 Å². The minimum atomic E-state index is -0.481. The van der Waals surface area contributed by atoms with E-state index in [1.165, 1.54) is 0 Å². The topological polar surface area (TPSA) is 58.6 Å². The molecule has 2 rings (SSSR count). The van der Waals surface area contributed by atoms with Gasteiger partial charge in [0.15, 0.2) is 6.10 Å². The standard InChI is InChI=1S/C17H25NO3/c1-3-16(21-14-8-4-6-12(2)10-14)17(20)18-11-13-7-5-9-15(13)19/h4,6,8,10,13,15-16,19H,3,5,7,9,11H2,1-2H3,(H,18,20). The molecule has 0 heterocycles. The molecule has 1 aromatic carbocycles.